The van der Waals surface area contributed by atoms with Gasteiger partial charge in [0, 0.05) is 57.2 Å². The number of anilines is 1. The number of hydrogen-bond acceptors (Lipinski definition) is 9. The first-order valence-corrected chi connectivity index (χ1v) is 25.6. The van der Waals surface area contributed by atoms with E-state index in [0.29, 0.717) is 16.7 Å². The van der Waals surface area contributed by atoms with E-state index in [1.165, 1.54) is 0 Å². The molecular weight excluding hydrogens is 939 g/mol. The molecule has 0 fully saturated rings. The van der Waals surface area contributed by atoms with Gasteiger partial charge in [-0.3, -0.25) is 25.0 Å². The zero-order chi connectivity index (χ0) is 53.6. The lowest BCUT2D eigenvalue weighted by molar-refractivity contribution is 0.0939. The lowest BCUT2D eigenvalue weighted by atomic mass is 9.93. The van der Waals surface area contributed by atoms with Crippen molar-refractivity contribution in [1.82, 2.24) is 0 Å². The summed E-state index contributed by atoms with van der Waals surface area (Å²) in [5.41, 5.74) is 20.9. The Morgan fingerprint density at radius 3 is 1.17 bits per heavy atom. The molecule has 4 atom stereocenters. The van der Waals surface area contributed by atoms with Gasteiger partial charge in [-0.25, -0.2) is 0 Å². The van der Waals surface area contributed by atoms with Gasteiger partial charge in [-0.2, -0.15) is 15.8 Å². The SMILES string of the molecule is CC1Cc2cccc(-c3ccc(C#N)cc3)c2C1=O.CC1Cc2cccc(-c3ccc(NN)cc3)c2C1=O.CC1Cc2cccc(-c3cccc(C#N)c3)c2C1=O.CC1Cc2cccc(-c3ccccc3C#N)c2C1=O. The van der Waals surface area contributed by atoms with Crippen LogP contribution in [0.4, 0.5) is 5.69 Å². The second-order valence-corrected chi connectivity index (χ2v) is 20.0. The second-order valence-electron chi connectivity index (χ2n) is 20.0. The molecule has 76 heavy (non-hydrogen) atoms. The molecule has 0 saturated heterocycles. The largest absolute Gasteiger partial charge is 0.324 e. The Balaban J connectivity index is 0.000000124. The Bertz CT molecular complexity index is 3720. The smallest absolute Gasteiger partial charge is 0.166 e. The molecule has 0 saturated carbocycles. The van der Waals surface area contributed by atoms with Crippen LogP contribution in [0.5, 0.6) is 0 Å². The zero-order valence-corrected chi connectivity index (χ0v) is 42.9. The second kappa shape index (κ2) is 22.4. The minimum Gasteiger partial charge on any atom is -0.324 e. The number of nitrogens with one attached hydrogen (secondary N) is 1. The fourth-order valence-corrected chi connectivity index (χ4v) is 10.9. The van der Waals surface area contributed by atoms with Crippen LogP contribution in [0.15, 0.2) is 170 Å². The third-order valence-corrected chi connectivity index (χ3v) is 14.8. The first kappa shape index (κ1) is 51.6. The van der Waals surface area contributed by atoms with Crippen molar-refractivity contribution in [3.63, 3.8) is 0 Å². The topological polar surface area (TPSA) is 178 Å². The van der Waals surface area contributed by atoms with E-state index in [0.717, 1.165) is 120 Å². The summed E-state index contributed by atoms with van der Waals surface area (Å²) in [7, 11) is 0. The Morgan fingerprint density at radius 2 is 0.750 bits per heavy atom. The Kier molecular flexibility index (Phi) is 15.2. The average Bonchev–Trinajstić information content (AvgIpc) is 4.17. The van der Waals surface area contributed by atoms with Gasteiger partial charge in [-0.1, -0.05) is 155 Å². The van der Waals surface area contributed by atoms with Crippen LogP contribution < -0.4 is 11.3 Å². The number of nitriles is 3. The molecule has 0 bridgehead atoms. The number of hydrogen-bond donors (Lipinski definition) is 2. The number of hydrazine groups is 1. The number of nitrogens with two attached hydrogens (primary N) is 1. The van der Waals surface area contributed by atoms with E-state index in [9.17, 15) is 24.4 Å². The van der Waals surface area contributed by atoms with Crippen molar-refractivity contribution in [2.45, 2.75) is 53.4 Å². The quantitative estimate of drug-likeness (QED) is 0.125. The van der Waals surface area contributed by atoms with Crippen LogP contribution in [0.25, 0.3) is 44.5 Å². The molecule has 12 rings (SSSR count). The molecule has 9 heteroatoms. The summed E-state index contributed by atoms with van der Waals surface area (Å²) in [6.45, 7) is 7.90. The normalized spacial score (nSPS) is 17.1. The minimum atomic E-state index is 0.0467. The van der Waals surface area contributed by atoms with E-state index >= 15 is 0 Å². The van der Waals surface area contributed by atoms with Crippen molar-refractivity contribution in [1.29, 1.82) is 15.8 Å². The van der Waals surface area contributed by atoms with Crippen molar-refractivity contribution < 1.29 is 19.2 Å². The van der Waals surface area contributed by atoms with E-state index in [-0.39, 0.29) is 46.8 Å². The highest BCUT2D eigenvalue weighted by Gasteiger charge is 2.33. The lowest BCUT2D eigenvalue weighted by Crippen LogP contribution is -2.06. The van der Waals surface area contributed by atoms with Crippen LogP contribution in [0, 0.1) is 57.7 Å². The molecule has 0 heterocycles. The number of benzene rings is 8. The van der Waals surface area contributed by atoms with Gasteiger partial charge in [-0.15, -0.1) is 0 Å². The number of fused-ring (bicyclic) bond motifs is 4. The monoisotopic (exact) mass is 993 g/mol. The molecule has 0 spiro atoms. The third kappa shape index (κ3) is 10.3. The van der Waals surface area contributed by atoms with Crippen LogP contribution in [0.3, 0.4) is 0 Å². The molecule has 372 valence electrons. The molecule has 0 amide bonds. The summed E-state index contributed by atoms with van der Waals surface area (Å²) in [5, 5.41) is 27.0. The summed E-state index contributed by atoms with van der Waals surface area (Å²) in [6.07, 6.45) is 3.30. The summed E-state index contributed by atoms with van der Waals surface area (Å²) in [5.74, 6) is 6.55. The Hall–Kier alpha value is -9.33. The van der Waals surface area contributed by atoms with Crippen LogP contribution in [0.2, 0.25) is 0 Å². The molecule has 4 aliphatic carbocycles. The van der Waals surface area contributed by atoms with Crippen molar-refractivity contribution in [2.75, 3.05) is 5.43 Å². The fraction of sp³-hybridized carbons (Fsp3) is 0.179. The maximum absolute atomic E-state index is 12.3. The lowest BCUT2D eigenvalue weighted by Gasteiger charge is -2.09. The highest BCUT2D eigenvalue weighted by Crippen LogP contribution is 2.39. The van der Waals surface area contributed by atoms with Gasteiger partial charge in [0.2, 0.25) is 0 Å². The van der Waals surface area contributed by atoms with E-state index in [1.54, 1.807) is 24.3 Å². The van der Waals surface area contributed by atoms with Gasteiger partial charge in [-0.05, 0) is 129 Å². The summed E-state index contributed by atoms with van der Waals surface area (Å²) < 4.78 is 0. The number of carbonyl (C=O) groups is 4. The molecule has 3 N–H and O–H groups in total. The molecule has 4 unspecified atom stereocenters. The van der Waals surface area contributed by atoms with E-state index in [2.05, 4.69) is 29.7 Å². The van der Waals surface area contributed by atoms with E-state index in [4.69, 9.17) is 16.4 Å². The van der Waals surface area contributed by atoms with Crippen LogP contribution in [-0.2, 0) is 25.7 Å². The number of Topliss-reactive ketones (excluding diaryl/α,β-unsaturated/α-hetero) is 4. The molecule has 0 radical (unpaired) electrons. The predicted octanol–water partition coefficient (Wildman–Crippen LogP) is 13.8. The van der Waals surface area contributed by atoms with Crippen LogP contribution >= 0.6 is 0 Å². The van der Waals surface area contributed by atoms with Crippen molar-refractivity contribution in [2.24, 2.45) is 29.5 Å². The van der Waals surface area contributed by atoms with E-state index in [1.807, 2.05) is 167 Å². The number of carbonyl (C=O) groups excluding carboxylic acids is 4. The standard InChI is InChI=1S/3C17H13NO.C16H16N2O/c1-11-8-14-6-3-7-15(16(14)17(11)19)13-5-2-4-12(9-13)10-18;1-11-9-12-6-4-8-15(16(12)17(11)19)14-7-3-2-5-13(14)10-18;1-11-9-14-3-2-4-15(16(14)17(11)19)13-7-5-12(10-18)6-8-13;1-10-9-12-3-2-4-14(15(12)16(10)19)11-5-7-13(18-17)8-6-11/h2-7,9,11H,8H2,1H3;2*2-8,11H,9H2,1H3;2-8,10,18H,9,17H2,1H3. The molecule has 8 aromatic rings. The van der Waals surface area contributed by atoms with Gasteiger partial charge in [0.1, 0.15) is 0 Å². The zero-order valence-electron chi connectivity index (χ0n) is 42.9. The van der Waals surface area contributed by atoms with Gasteiger partial charge < -0.3 is 5.43 Å². The summed E-state index contributed by atoms with van der Waals surface area (Å²) in [6, 6.07) is 60.5. The van der Waals surface area contributed by atoms with Crippen LogP contribution in [0.1, 0.15) is 108 Å². The minimum absolute atomic E-state index is 0.0467. The first-order chi connectivity index (χ1) is 36.8. The molecule has 0 aromatic heterocycles. The number of ketones is 4. The summed E-state index contributed by atoms with van der Waals surface area (Å²) in [4.78, 5) is 49.1. The molecule has 0 aliphatic heterocycles. The molecule has 4 aliphatic rings. The van der Waals surface area contributed by atoms with Gasteiger partial charge in [0.15, 0.2) is 23.1 Å². The highest BCUT2D eigenvalue weighted by molar-refractivity contribution is 6.10. The third-order valence-electron chi connectivity index (χ3n) is 14.8. The maximum atomic E-state index is 12.3. The average molecular weight is 994 g/mol. The van der Waals surface area contributed by atoms with Crippen molar-refractivity contribution in [3.05, 3.63) is 231 Å². The molecular formula is C67H55N5O4. The Morgan fingerprint density at radius 1 is 0.382 bits per heavy atom. The number of rotatable bonds is 5. The van der Waals surface area contributed by atoms with Gasteiger partial charge in [0.25, 0.3) is 0 Å². The van der Waals surface area contributed by atoms with Gasteiger partial charge >= 0.3 is 0 Å². The number of nitrogens with zero attached hydrogens (tertiary/aromatic N) is 3. The fourth-order valence-electron chi connectivity index (χ4n) is 10.9. The van der Waals surface area contributed by atoms with Crippen LogP contribution in [-0.4, -0.2) is 23.1 Å². The molecule has 8 aromatic carbocycles. The Labute approximate surface area is 443 Å². The molecule has 9 nitrogen and oxygen atoms in total. The first-order valence-electron chi connectivity index (χ1n) is 25.6. The predicted molar refractivity (Wildman–Crippen MR) is 298 cm³/mol. The maximum Gasteiger partial charge on any atom is 0.166 e. The van der Waals surface area contributed by atoms with Crippen molar-refractivity contribution >= 4 is 28.8 Å². The summed E-state index contributed by atoms with van der Waals surface area (Å²) >= 11 is 0. The van der Waals surface area contributed by atoms with Gasteiger partial charge in [0.05, 0.1) is 34.9 Å². The van der Waals surface area contributed by atoms with Crippen molar-refractivity contribution in [3.8, 4) is 62.7 Å². The highest BCUT2D eigenvalue weighted by atomic mass is 16.1. The number of nitrogen functional groups attached to an aromatic ring is 1. The van der Waals surface area contributed by atoms with E-state index < -0.39 is 0 Å².